The number of aryl methyl sites for hydroxylation is 3. The SMILES string of the molecule is Cc1cc(C)c(N2[C]NC=C2)c(C)c1. The Labute approximate surface area is 85.2 Å². The lowest BCUT2D eigenvalue weighted by Crippen LogP contribution is -2.15. The van der Waals surface area contributed by atoms with Crippen LogP contribution in [0.25, 0.3) is 0 Å². The number of hydrogen-bond acceptors (Lipinski definition) is 2. The molecule has 1 heterocycles. The summed E-state index contributed by atoms with van der Waals surface area (Å²) < 4.78 is 0. The van der Waals surface area contributed by atoms with Gasteiger partial charge in [-0.1, -0.05) is 17.7 Å². The van der Waals surface area contributed by atoms with E-state index >= 15 is 0 Å². The van der Waals surface area contributed by atoms with Gasteiger partial charge in [-0.3, -0.25) is 0 Å². The molecular formula is C12H14N2. The lowest BCUT2D eigenvalue weighted by atomic mass is 10.0. The summed E-state index contributed by atoms with van der Waals surface area (Å²) in [6.07, 6.45) is 3.85. The zero-order chi connectivity index (χ0) is 10.1. The van der Waals surface area contributed by atoms with Crippen molar-refractivity contribution < 1.29 is 0 Å². The molecule has 0 saturated heterocycles. The first-order valence-electron chi connectivity index (χ1n) is 4.73. The van der Waals surface area contributed by atoms with Crippen molar-refractivity contribution in [3.8, 4) is 0 Å². The Hall–Kier alpha value is -1.44. The maximum absolute atomic E-state index is 3.05. The van der Waals surface area contributed by atoms with Gasteiger partial charge in [-0.05, 0) is 31.9 Å². The fourth-order valence-electron chi connectivity index (χ4n) is 1.94. The summed E-state index contributed by atoms with van der Waals surface area (Å²) in [6.45, 7) is 9.42. The van der Waals surface area contributed by atoms with E-state index in [9.17, 15) is 0 Å². The molecule has 0 atom stereocenters. The quantitative estimate of drug-likeness (QED) is 0.725. The Kier molecular flexibility index (Phi) is 2.20. The van der Waals surface area contributed by atoms with Crippen molar-refractivity contribution in [1.29, 1.82) is 0 Å². The predicted octanol–water partition coefficient (Wildman–Crippen LogP) is 2.49. The molecule has 1 aliphatic heterocycles. The zero-order valence-corrected chi connectivity index (χ0v) is 8.76. The van der Waals surface area contributed by atoms with Crippen LogP contribution in [-0.4, -0.2) is 0 Å². The van der Waals surface area contributed by atoms with E-state index in [2.05, 4.69) is 44.9 Å². The van der Waals surface area contributed by atoms with Crippen molar-refractivity contribution in [3.05, 3.63) is 47.9 Å². The molecule has 0 bridgehead atoms. The van der Waals surface area contributed by atoms with Gasteiger partial charge < -0.3 is 10.2 Å². The molecule has 1 N–H and O–H groups in total. The Morgan fingerprint density at radius 1 is 1.14 bits per heavy atom. The second-order valence-corrected chi connectivity index (χ2v) is 3.69. The van der Waals surface area contributed by atoms with Crippen LogP contribution in [-0.2, 0) is 0 Å². The third-order valence-corrected chi connectivity index (χ3v) is 2.37. The molecule has 0 unspecified atom stereocenters. The monoisotopic (exact) mass is 186 g/mol. The highest BCUT2D eigenvalue weighted by atomic mass is 15.2. The summed E-state index contributed by atoms with van der Waals surface area (Å²) in [6, 6.07) is 4.38. The van der Waals surface area contributed by atoms with Crippen LogP contribution in [0.5, 0.6) is 0 Å². The zero-order valence-electron chi connectivity index (χ0n) is 8.76. The lowest BCUT2D eigenvalue weighted by molar-refractivity contribution is 1.03. The van der Waals surface area contributed by atoms with Crippen molar-refractivity contribution in [3.63, 3.8) is 0 Å². The smallest absolute Gasteiger partial charge is 0.209 e. The first-order valence-corrected chi connectivity index (χ1v) is 4.73. The van der Waals surface area contributed by atoms with Crippen molar-refractivity contribution >= 4 is 5.69 Å². The summed E-state index contributed by atoms with van der Waals surface area (Å²) in [7, 11) is 0. The molecule has 1 aromatic carbocycles. The van der Waals surface area contributed by atoms with Gasteiger partial charge in [0.25, 0.3) is 0 Å². The minimum atomic E-state index is 1.22. The molecule has 0 aromatic heterocycles. The van der Waals surface area contributed by atoms with Gasteiger partial charge in [0.2, 0.25) is 6.67 Å². The summed E-state index contributed by atoms with van der Waals surface area (Å²) in [4.78, 5) is 1.99. The highest BCUT2D eigenvalue weighted by molar-refractivity contribution is 5.63. The maximum atomic E-state index is 3.05. The molecule has 0 spiro atoms. The standard InChI is InChI=1S/C12H14N2/c1-9-6-10(2)12(11(3)7-9)14-5-4-13-8-14/h4-7,13H,1-3H3. The minimum Gasteiger partial charge on any atom is -0.360 e. The summed E-state index contributed by atoms with van der Waals surface area (Å²) in [5, 5.41) is 2.94. The summed E-state index contributed by atoms with van der Waals surface area (Å²) in [5.74, 6) is 0. The lowest BCUT2D eigenvalue weighted by Gasteiger charge is -2.19. The highest BCUT2D eigenvalue weighted by Crippen LogP contribution is 2.27. The molecule has 72 valence electrons. The van der Waals surface area contributed by atoms with E-state index in [0.717, 1.165) is 0 Å². The maximum Gasteiger partial charge on any atom is 0.209 e. The van der Waals surface area contributed by atoms with Gasteiger partial charge in [-0.25, -0.2) is 0 Å². The van der Waals surface area contributed by atoms with Gasteiger partial charge in [-0.2, -0.15) is 0 Å². The minimum absolute atomic E-state index is 1.22. The Bertz CT molecular complexity index is 357. The Morgan fingerprint density at radius 3 is 2.29 bits per heavy atom. The summed E-state index contributed by atoms with van der Waals surface area (Å²) >= 11 is 0. The molecule has 0 aliphatic carbocycles. The highest BCUT2D eigenvalue weighted by Gasteiger charge is 2.13. The fraction of sp³-hybridized carbons (Fsp3) is 0.250. The van der Waals surface area contributed by atoms with E-state index < -0.39 is 0 Å². The number of benzene rings is 1. The van der Waals surface area contributed by atoms with Crippen molar-refractivity contribution in [2.24, 2.45) is 0 Å². The van der Waals surface area contributed by atoms with Gasteiger partial charge in [0.05, 0.1) is 0 Å². The Morgan fingerprint density at radius 2 is 1.79 bits per heavy atom. The van der Waals surface area contributed by atoms with Crippen molar-refractivity contribution in [2.75, 3.05) is 4.90 Å². The molecular weight excluding hydrogens is 172 g/mol. The van der Waals surface area contributed by atoms with E-state index in [1.807, 2.05) is 17.3 Å². The van der Waals surface area contributed by atoms with Crippen LogP contribution in [0, 0.1) is 27.4 Å². The van der Waals surface area contributed by atoms with E-state index in [0.29, 0.717) is 0 Å². The van der Waals surface area contributed by atoms with Crippen LogP contribution in [0.15, 0.2) is 24.5 Å². The third-order valence-electron chi connectivity index (χ3n) is 2.37. The van der Waals surface area contributed by atoms with Crippen LogP contribution in [0.3, 0.4) is 0 Å². The molecule has 2 rings (SSSR count). The van der Waals surface area contributed by atoms with E-state index in [1.165, 1.54) is 22.4 Å². The van der Waals surface area contributed by atoms with Gasteiger partial charge >= 0.3 is 0 Å². The first-order chi connectivity index (χ1) is 6.68. The third kappa shape index (κ3) is 1.48. The van der Waals surface area contributed by atoms with E-state index in [1.54, 1.807) is 0 Å². The number of nitrogens with one attached hydrogen (secondary N) is 1. The molecule has 0 fully saturated rings. The number of anilines is 1. The number of rotatable bonds is 1. The molecule has 2 heteroatoms. The van der Waals surface area contributed by atoms with Gasteiger partial charge in [0.1, 0.15) is 0 Å². The Balaban J connectivity index is 2.46. The summed E-state index contributed by atoms with van der Waals surface area (Å²) in [5.41, 5.74) is 5.09. The molecule has 2 nitrogen and oxygen atoms in total. The van der Waals surface area contributed by atoms with E-state index in [-0.39, 0.29) is 0 Å². The van der Waals surface area contributed by atoms with Crippen molar-refractivity contribution in [2.45, 2.75) is 20.8 Å². The molecule has 2 radical (unpaired) electrons. The van der Waals surface area contributed by atoms with Crippen LogP contribution in [0.4, 0.5) is 5.69 Å². The predicted molar refractivity (Wildman–Crippen MR) is 58.7 cm³/mol. The normalized spacial score (nSPS) is 14.6. The average molecular weight is 186 g/mol. The topological polar surface area (TPSA) is 15.3 Å². The number of nitrogens with zero attached hydrogens (tertiary/aromatic N) is 1. The average Bonchev–Trinajstić information content (AvgIpc) is 2.54. The second kappa shape index (κ2) is 3.37. The van der Waals surface area contributed by atoms with Crippen LogP contribution in [0.1, 0.15) is 16.7 Å². The molecule has 1 aromatic rings. The molecule has 0 amide bonds. The van der Waals surface area contributed by atoms with E-state index in [4.69, 9.17) is 0 Å². The molecule has 14 heavy (non-hydrogen) atoms. The molecule has 0 saturated carbocycles. The fourth-order valence-corrected chi connectivity index (χ4v) is 1.94. The van der Waals surface area contributed by atoms with Crippen molar-refractivity contribution in [1.82, 2.24) is 5.32 Å². The second-order valence-electron chi connectivity index (χ2n) is 3.69. The first kappa shape index (κ1) is 9.13. The van der Waals surface area contributed by atoms with Gasteiger partial charge in [0, 0.05) is 18.1 Å². The number of hydrogen-bond donors (Lipinski definition) is 1. The van der Waals surface area contributed by atoms with Crippen LogP contribution in [0.2, 0.25) is 0 Å². The largest absolute Gasteiger partial charge is 0.360 e. The van der Waals surface area contributed by atoms with Gasteiger partial charge in [0.15, 0.2) is 0 Å². The van der Waals surface area contributed by atoms with Crippen LogP contribution >= 0.6 is 0 Å². The van der Waals surface area contributed by atoms with Gasteiger partial charge in [-0.15, -0.1) is 0 Å². The molecule has 1 aliphatic rings. The van der Waals surface area contributed by atoms with Crippen LogP contribution < -0.4 is 10.2 Å².